The first-order chi connectivity index (χ1) is 12.6. The number of ether oxygens (including phenoxy) is 1. The van der Waals surface area contributed by atoms with Gasteiger partial charge in [-0.2, -0.15) is 0 Å². The molecule has 1 aromatic carbocycles. The number of imidazole rings is 1. The van der Waals surface area contributed by atoms with Crippen LogP contribution in [0, 0.1) is 13.8 Å². The highest BCUT2D eigenvalue weighted by Gasteiger charge is 2.35. The van der Waals surface area contributed by atoms with Crippen LogP contribution in [0.3, 0.4) is 0 Å². The normalized spacial score (nSPS) is 16.4. The van der Waals surface area contributed by atoms with Crippen LogP contribution < -0.4 is 4.74 Å². The predicted octanol–water partition coefficient (Wildman–Crippen LogP) is 2.89. The van der Waals surface area contributed by atoms with E-state index in [2.05, 4.69) is 14.7 Å². The number of rotatable bonds is 3. The molecule has 0 N–H and O–H groups in total. The number of para-hydroxylation sites is 1. The van der Waals surface area contributed by atoms with Crippen LogP contribution in [0.15, 0.2) is 41.2 Å². The average molecular weight is 352 g/mol. The number of fused-ring (bicyclic) bond motifs is 1. The van der Waals surface area contributed by atoms with Crippen LogP contribution in [0.1, 0.15) is 39.2 Å². The molecule has 3 aromatic rings. The first-order valence-electron chi connectivity index (χ1n) is 8.47. The molecule has 0 aliphatic carbocycles. The third-order valence-corrected chi connectivity index (χ3v) is 4.87. The lowest BCUT2D eigenvalue weighted by atomic mass is 10.0. The SMILES string of the molecule is COc1ccccc1C1Cn2ccnc2CN1C(=O)c1c(C)noc1C. The fourth-order valence-corrected chi connectivity index (χ4v) is 3.56. The van der Waals surface area contributed by atoms with Gasteiger partial charge in [0.2, 0.25) is 0 Å². The summed E-state index contributed by atoms with van der Waals surface area (Å²) in [5.74, 6) is 2.04. The first kappa shape index (κ1) is 16.4. The van der Waals surface area contributed by atoms with Gasteiger partial charge in [-0.25, -0.2) is 4.98 Å². The highest BCUT2D eigenvalue weighted by molar-refractivity contribution is 5.96. The molecular weight excluding hydrogens is 332 g/mol. The number of hydrogen-bond acceptors (Lipinski definition) is 5. The fraction of sp³-hybridized carbons (Fsp3) is 0.316. The summed E-state index contributed by atoms with van der Waals surface area (Å²) in [6, 6.07) is 7.62. The Morgan fingerprint density at radius 2 is 2.12 bits per heavy atom. The highest BCUT2D eigenvalue weighted by Crippen LogP contribution is 2.36. The summed E-state index contributed by atoms with van der Waals surface area (Å²) in [7, 11) is 1.64. The van der Waals surface area contributed by atoms with Gasteiger partial charge in [0.15, 0.2) is 0 Å². The van der Waals surface area contributed by atoms with Crippen molar-refractivity contribution in [1.29, 1.82) is 0 Å². The van der Waals surface area contributed by atoms with Crippen LogP contribution in [-0.4, -0.2) is 32.6 Å². The van der Waals surface area contributed by atoms with E-state index in [1.165, 1.54) is 0 Å². The van der Waals surface area contributed by atoms with Crippen molar-refractivity contribution in [2.75, 3.05) is 7.11 Å². The van der Waals surface area contributed by atoms with Gasteiger partial charge < -0.3 is 18.7 Å². The van der Waals surface area contributed by atoms with Crippen LogP contribution in [0.4, 0.5) is 0 Å². The number of carbonyl (C=O) groups excluding carboxylic acids is 1. The van der Waals surface area contributed by atoms with Crippen molar-refractivity contribution in [3.8, 4) is 5.75 Å². The molecule has 134 valence electrons. The zero-order valence-electron chi connectivity index (χ0n) is 15.0. The molecule has 7 heteroatoms. The maximum absolute atomic E-state index is 13.4. The van der Waals surface area contributed by atoms with Crippen LogP contribution in [0.5, 0.6) is 5.75 Å². The fourth-order valence-electron chi connectivity index (χ4n) is 3.56. The molecule has 0 saturated carbocycles. The highest BCUT2D eigenvalue weighted by atomic mass is 16.5. The number of amides is 1. The van der Waals surface area contributed by atoms with Crippen LogP contribution in [0.25, 0.3) is 0 Å². The zero-order chi connectivity index (χ0) is 18.3. The predicted molar refractivity (Wildman–Crippen MR) is 93.8 cm³/mol. The third-order valence-electron chi connectivity index (χ3n) is 4.87. The van der Waals surface area contributed by atoms with E-state index in [4.69, 9.17) is 9.26 Å². The van der Waals surface area contributed by atoms with E-state index in [-0.39, 0.29) is 11.9 Å². The molecule has 1 aliphatic heterocycles. The summed E-state index contributed by atoms with van der Waals surface area (Å²) in [6.45, 7) is 4.58. The van der Waals surface area contributed by atoms with Crippen molar-refractivity contribution in [2.45, 2.75) is 33.0 Å². The maximum Gasteiger partial charge on any atom is 0.260 e. The maximum atomic E-state index is 13.4. The molecule has 2 aromatic heterocycles. The summed E-state index contributed by atoms with van der Waals surface area (Å²) >= 11 is 0. The molecule has 0 fully saturated rings. The Hall–Kier alpha value is -3.09. The molecule has 1 aliphatic rings. The van der Waals surface area contributed by atoms with Crippen LogP contribution in [0.2, 0.25) is 0 Å². The summed E-state index contributed by atoms with van der Waals surface area (Å²) < 4.78 is 12.8. The summed E-state index contributed by atoms with van der Waals surface area (Å²) in [4.78, 5) is 19.6. The molecule has 0 bridgehead atoms. The summed E-state index contributed by atoms with van der Waals surface area (Å²) in [5, 5.41) is 3.93. The van der Waals surface area contributed by atoms with Gasteiger partial charge in [-0.1, -0.05) is 23.4 Å². The monoisotopic (exact) mass is 352 g/mol. The van der Waals surface area contributed by atoms with E-state index in [0.717, 1.165) is 17.1 Å². The Bertz CT molecular complexity index is 940. The number of methoxy groups -OCH3 is 1. The second kappa shape index (κ2) is 6.33. The lowest BCUT2D eigenvalue weighted by molar-refractivity contribution is 0.0578. The minimum Gasteiger partial charge on any atom is -0.496 e. The van der Waals surface area contributed by atoms with Gasteiger partial charge in [-0.3, -0.25) is 4.79 Å². The summed E-state index contributed by atoms with van der Waals surface area (Å²) in [5.41, 5.74) is 2.08. The van der Waals surface area contributed by atoms with E-state index in [9.17, 15) is 4.79 Å². The van der Waals surface area contributed by atoms with Gasteiger partial charge in [-0.05, 0) is 19.9 Å². The van der Waals surface area contributed by atoms with Gasteiger partial charge in [0.25, 0.3) is 5.91 Å². The number of nitrogens with zero attached hydrogens (tertiary/aromatic N) is 4. The van der Waals surface area contributed by atoms with Crippen molar-refractivity contribution < 1.29 is 14.1 Å². The first-order valence-corrected chi connectivity index (χ1v) is 8.47. The standard InChI is InChI=1S/C19H20N4O3/c1-12-18(13(2)26-21-12)19(24)23-11-17-20-8-9-22(17)10-15(23)14-6-4-5-7-16(14)25-3/h4-9,15H,10-11H2,1-3H3. The van der Waals surface area contributed by atoms with Crippen molar-refractivity contribution in [3.05, 3.63) is 65.1 Å². The molecule has 0 radical (unpaired) electrons. The zero-order valence-corrected chi connectivity index (χ0v) is 15.0. The lowest BCUT2D eigenvalue weighted by Gasteiger charge is -2.37. The van der Waals surface area contributed by atoms with Gasteiger partial charge in [-0.15, -0.1) is 0 Å². The number of benzene rings is 1. The van der Waals surface area contributed by atoms with Crippen molar-refractivity contribution in [1.82, 2.24) is 19.6 Å². The molecule has 7 nitrogen and oxygen atoms in total. The number of aryl methyl sites for hydroxylation is 2. The van der Waals surface area contributed by atoms with Crippen LogP contribution in [-0.2, 0) is 13.1 Å². The average Bonchev–Trinajstić information content (AvgIpc) is 3.25. The molecule has 0 spiro atoms. The molecule has 1 atom stereocenters. The Balaban J connectivity index is 1.81. The van der Waals surface area contributed by atoms with E-state index in [1.54, 1.807) is 27.2 Å². The van der Waals surface area contributed by atoms with Gasteiger partial charge in [0, 0.05) is 24.5 Å². The van der Waals surface area contributed by atoms with E-state index < -0.39 is 0 Å². The summed E-state index contributed by atoms with van der Waals surface area (Å²) in [6.07, 6.45) is 3.70. The minimum absolute atomic E-state index is 0.105. The quantitative estimate of drug-likeness (QED) is 0.725. The molecule has 1 unspecified atom stereocenters. The Kier molecular flexibility index (Phi) is 3.99. The number of hydrogen-bond donors (Lipinski definition) is 0. The molecule has 1 amide bonds. The molecule has 26 heavy (non-hydrogen) atoms. The van der Waals surface area contributed by atoms with E-state index in [0.29, 0.717) is 30.1 Å². The minimum atomic E-state index is -0.172. The second-order valence-electron chi connectivity index (χ2n) is 6.39. The number of carbonyl (C=O) groups is 1. The molecule has 3 heterocycles. The molecule has 4 rings (SSSR count). The second-order valence-corrected chi connectivity index (χ2v) is 6.39. The van der Waals surface area contributed by atoms with Crippen LogP contribution >= 0.6 is 0 Å². The van der Waals surface area contributed by atoms with Crippen molar-refractivity contribution in [2.24, 2.45) is 0 Å². The van der Waals surface area contributed by atoms with Crippen molar-refractivity contribution >= 4 is 5.91 Å². The lowest BCUT2D eigenvalue weighted by Crippen LogP contribution is -2.41. The van der Waals surface area contributed by atoms with Crippen molar-refractivity contribution in [3.63, 3.8) is 0 Å². The van der Waals surface area contributed by atoms with E-state index in [1.807, 2.05) is 35.4 Å². The smallest absolute Gasteiger partial charge is 0.260 e. The largest absolute Gasteiger partial charge is 0.496 e. The van der Waals surface area contributed by atoms with Gasteiger partial charge >= 0.3 is 0 Å². The van der Waals surface area contributed by atoms with E-state index >= 15 is 0 Å². The van der Waals surface area contributed by atoms with Gasteiger partial charge in [0.1, 0.15) is 22.9 Å². The molecular formula is C19H20N4O3. The Morgan fingerprint density at radius 3 is 2.85 bits per heavy atom. The number of aromatic nitrogens is 3. The third kappa shape index (κ3) is 2.56. The Labute approximate surface area is 151 Å². The molecule has 0 saturated heterocycles. The van der Waals surface area contributed by atoms with Gasteiger partial charge in [0.05, 0.1) is 25.4 Å². The topological polar surface area (TPSA) is 73.4 Å². The Morgan fingerprint density at radius 1 is 1.31 bits per heavy atom.